The number of carbonyl (C=O) groups is 2. The lowest BCUT2D eigenvalue weighted by atomic mass is 10.1. The molecule has 132 valence electrons. The Morgan fingerprint density at radius 3 is 2.50 bits per heavy atom. The van der Waals surface area contributed by atoms with E-state index < -0.39 is 5.91 Å². The van der Waals surface area contributed by atoms with Gasteiger partial charge in [0.05, 0.1) is 6.54 Å². The topological polar surface area (TPSA) is 68.3 Å². The molecule has 2 aromatic carbocycles. The lowest BCUT2D eigenvalue weighted by molar-refractivity contribution is -0.131. The highest BCUT2D eigenvalue weighted by Crippen LogP contribution is 2.21. The molecule has 0 radical (unpaired) electrons. The van der Waals surface area contributed by atoms with Crippen LogP contribution in [0.25, 0.3) is 17.0 Å². The Balaban J connectivity index is 1.82. The second-order valence-electron chi connectivity index (χ2n) is 6.19. The van der Waals surface area contributed by atoms with Gasteiger partial charge in [-0.25, -0.2) is 0 Å². The van der Waals surface area contributed by atoms with E-state index in [1.54, 1.807) is 6.08 Å². The number of primary amides is 1. The molecule has 0 atom stereocenters. The van der Waals surface area contributed by atoms with E-state index in [2.05, 4.69) is 0 Å². The van der Waals surface area contributed by atoms with Crippen molar-refractivity contribution in [2.45, 2.75) is 6.54 Å². The summed E-state index contributed by atoms with van der Waals surface area (Å²) < 4.78 is 2.02. The van der Waals surface area contributed by atoms with Crippen LogP contribution in [-0.2, 0) is 23.2 Å². The molecule has 26 heavy (non-hydrogen) atoms. The van der Waals surface area contributed by atoms with Crippen LogP contribution in [0.1, 0.15) is 11.1 Å². The molecule has 0 saturated carbocycles. The molecule has 0 unspecified atom stereocenters. The number of para-hydroxylation sites is 1. The number of aromatic nitrogens is 1. The van der Waals surface area contributed by atoms with Crippen molar-refractivity contribution in [3.8, 4) is 0 Å². The van der Waals surface area contributed by atoms with Crippen LogP contribution >= 0.6 is 0 Å². The van der Waals surface area contributed by atoms with Crippen molar-refractivity contribution in [2.75, 3.05) is 6.54 Å². The Hall–Kier alpha value is -3.34. The van der Waals surface area contributed by atoms with Crippen LogP contribution in [0.4, 0.5) is 0 Å². The zero-order chi connectivity index (χ0) is 18.5. The summed E-state index contributed by atoms with van der Waals surface area (Å²) >= 11 is 0. The zero-order valence-electron chi connectivity index (χ0n) is 14.6. The molecule has 1 aromatic heterocycles. The number of hydrogen-bond donors (Lipinski definition) is 1. The molecule has 0 bridgehead atoms. The van der Waals surface area contributed by atoms with Gasteiger partial charge in [0, 0.05) is 42.3 Å². The SMILES string of the molecule is Cn1cc(C=CC(=O)N(CC(N)=O)Cc2ccccc2)c2ccccc21. The summed E-state index contributed by atoms with van der Waals surface area (Å²) in [6.07, 6.45) is 5.25. The Morgan fingerprint density at radius 1 is 1.08 bits per heavy atom. The van der Waals surface area contributed by atoms with Gasteiger partial charge in [-0.15, -0.1) is 0 Å². The number of nitrogens with zero attached hydrogens (tertiary/aromatic N) is 2. The van der Waals surface area contributed by atoms with Gasteiger partial charge in [0.15, 0.2) is 0 Å². The van der Waals surface area contributed by atoms with E-state index in [1.165, 1.54) is 11.0 Å². The fourth-order valence-corrected chi connectivity index (χ4v) is 2.98. The van der Waals surface area contributed by atoms with Crippen LogP contribution in [-0.4, -0.2) is 27.8 Å². The summed E-state index contributed by atoms with van der Waals surface area (Å²) in [6.45, 7) is 0.218. The van der Waals surface area contributed by atoms with Crippen molar-refractivity contribution in [2.24, 2.45) is 12.8 Å². The van der Waals surface area contributed by atoms with E-state index in [9.17, 15) is 9.59 Å². The second kappa shape index (κ2) is 7.70. The zero-order valence-corrected chi connectivity index (χ0v) is 14.6. The fourth-order valence-electron chi connectivity index (χ4n) is 2.98. The Morgan fingerprint density at radius 2 is 1.77 bits per heavy atom. The third-order valence-corrected chi connectivity index (χ3v) is 4.21. The molecule has 0 fully saturated rings. The van der Waals surface area contributed by atoms with Gasteiger partial charge in [0.2, 0.25) is 11.8 Å². The van der Waals surface area contributed by atoms with E-state index in [-0.39, 0.29) is 12.5 Å². The molecule has 3 rings (SSSR count). The summed E-state index contributed by atoms with van der Waals surface area (Å²) in [5.41, 5.74) is 8.30. The van der Waals surface area contributed by atoms with Crippen molar-refractivity contribution in [3.63, 3.8) is 0 Å². The normalized spacial score (nSPS) is 11.1. The Labute approximate surface area is 152 Å². The minimum Gasteiger partial charge on any atom is -0.368 e. The molecule has 0 spiro atoms. The number of fused-ring (bicyclic) bond motifs is 1. The monoisotopic (exact) mass is 347 g/mol. The van der Waals surface area contributed by atoms with Crippen molar-refractivity contribution in [3.05, 3.63) is 78.0 Å². The summed E-state index contributed by atoms with van der Waals surface area (Å²) in [6, 6.07) is 17.5. The van der Waals surface area contributed by atoms with Crippen molar-refractivity contribution >= 4 is 28.8 Å². The first-order chi connectivity index (χ1) is 12.5. The summed E-state index contributed by atoms with van der Waals surface area (Å²) in [5.74, 6) is -0.784. The number of amides is 2. The summed E-state index contributed by atoms with van der Waals surface area (Å²) in [7, 11) is 1.97. The van der Waals surface area contributed by atoms with Crippen LogP contribution in [0, 0.1) is 0 Å². The van der Waals surface area contributed by atoms with Gasteiger partial charge in [-0.05, 0) is 17.7 Å². The fraction of sp³-hybridized carbons (Fsp3) is 0.143. The van der Waals surface area contributed by atoms with Gasteiger partial charge in [-0.1, -0.05) is 48.5 Å². The standard InChI is InChI=1S/C21H21N3O2/c1-23-14-17(18-9-5-6-10-19(18)23)11-12-21(26)24(15-20(22)25)13-16-7-3-2-4-8-16/h2-12,14H,13,15H2,1H3,(H2,22,25). The van der Waals surface area contributed by atoms with E-state index in [0.29, 0.717) is 6.54 Å². The highest BCUT2D eigenvalue weighted by atomic mass is 16.2. The van der Waals surface area contributed by atoms with E-state index in [0.717, 1.165) is 22.0 Å². The molecule has 5 nitrogen and oxygen atoms in total. The number of hydrogen-bond acceptors (Lipinski definition) is 2. The molecule has 0 aliphatic rings. The number of carbonyl (C=O) groups excluding carboxylic acids is 2. The van der Waals surface area contributed by atoms with Crippen molar-refractivity contribution in [1.29, 1.82) is 0 Å². The molecular weight excluding hydrogens is 326 g/mol. The first kappa shape index (κ1) is 17.5. The molecular formula is C21H21N3O2. The molecule has 0 aliphatic heterocycles. The van der Waals surface area contributed by atoms with Crippen molar-refractivity contribution in [1.82, 2.24) is 9.47 Å². The first-order valence-electron chi connectivity index (χ1n) is 8.38. The van der Waals surface area contributed by atoms with Crippen LogP contribution in [0.3, 0.4) is 0 Å². The minimum absolute atomic E-state index is 0.117. The van der Waals surface area contributed by atoms with Crippen molar-refractivity contribution < 1.29 is 9.59 Å². The van der Waals surface area contributed by atoms with Crippen LogP contribution < -0.4 is 5.73 Å². The molecule has 0 saturated heterocycles. The molecule has 3 aromatic rings. The molecule has 0 aliphatic carbocycles. The molecule has 5 heteroatoms. The third-order valence-electron chi connectivity index (χ3n) is 4.21. The number of nitrogens with two attached hydrogens (primary N) is 1. The quantitative estimate of drug-likeness (QED) is 0.697. The van der Waals surface area contributed by atoms with E-state index >= 15 is 0 Å². The highest BCUT2D eigenvalue weighted by Gasteiger charge is 2.14. The smallest absolute Gasteiger partial charge is 0.247 e. The predicted molar refractivity (Wildman–Crippen MR) is 103 cm³/mol. The Kier molecular flexibility index (Phi) is 5.17. The van der Waals surface area contributed by atoms with Gasteiger partial charge < -0.3 is 15.2 Å². The lowest BCUT2D eigenvalue weighted by Crippen LogP contribution is -2.37. The maximum absolute atomic E-state index is 12.6. The minimum atomic E-state index is -0.534. The maximum Gasteiger partial charge on any atom is 0.247 e. The summed E-state index contributed by atoms with van der Waals surface area (Å²) in [4.78, 5) is 25.4. The lowest BCUT2D eigenvalue weighted by Gasteiger charge is -2.19. The average Bonchev–Trinajstić information content (AvgIpc) is 2.96. The second-order valence-corrected chi connectivity index (χ2v) is 6.19. The predicted octanol–water partition coefficient (Wildman–Crippen LogP) is 2.71. The maximum atomic E-state index is 12.6. The van der Waals surface area contributed by atoms with E-state index in [4.69, 9.17) is 5.73 Å². The average molecular weight is 347 g/mol. The molecule has 2 N–H and O–H groups in total. The number of benzene rings is 2. The highest BCUT2D eigenvalue weighted by molar-refractivity contribution is 5.97. The largest absolute Gasteiger partial charge is 0.368 e. The van der Waals surface area contributed by atoms with Gasteiger partial charge in [-0.2, -0.15) is 0 Å². The number of aryl methyl sites for hydroxylation is 1. The van der Waals surface area contributed by atoms with Crippen LogP contribution in [0.2, 0.25) is 0 Å². The van der Waals surface area contributed by atoms with Gasteiger partial charge in [-0.3, -0.25) is 9.59 Å². The molecule has 2 amide bonds. The molecule has 1 heterocycles. The number of rotatable bonds is 6. The van der Waals surface area contributed by atoms with Crippen LogP contribution in [0.15, 0.2) is 66.9 Å². The summed E-state index contributed by atoms with van der Waals surface area (Å²) in [5, 5.41) is 1.07. The third kappa shape index (κ3) is 4.00. The van der Waals surface area contributed by atoms with E-state index in [1.807, 2.05) is 72.4 Å². The Bertz CT molecular complexity index is 958. The van der Waals surface area contributed by atoms with Gasteiger partial charge >= 0.3 is 0 Å². The van der Waals surface area contributed by atoms with Crippen LogP contribution in [0.5, 0.6) is 0 Å². The van der Waals surface area contributed by atoms with Gasteiger partial charge in [0.1, 0.15) is 0 Å². The first-order valence-corrected chi connectivity index (χ1v) is 8.38. The van der Waals surface area contributed by atoms with Gasteiger partial charge in [0.25, 0.3) is 0 Å².